The first kappa shape index (κ1) is 19.6. The average molecular weight is 404 g/mol. The Bertz CT molecular complexity index is 1040. The van der Waals surface area contributed by atoms with Gasteiger partial charge in [0.1, 0.15) is 0 Å². The third-order valence-electron chi connectivity index (χ3n) is 4.74. The van der Waals surface area contributed by atoms with Crippen molar-refractivity contribution in [1.82, 2.24) is 10.3 Å². The smallest absolute Gasteiger partial charge is 0.208 e. The molecule has 0 bridgehead atoms. The highest BCUT2D eigenvalue weighted by Crippen LogP contribution is 2.29. The van der Waals surface area contributed by atoms with Crippen LogP contribution < -0.4 is 10.2 Å². The molecule has 1 saturated heterocycles. The molecule has 1 aliphatic heterocycles. The van der Waals surface area contributed by atoms with Crippen molar-refractivity contribution in [3.8, 4) is 0 Å². The third kappa shape index (κ3) is 3.78. The molecule has 1 N–H and O–H groups in total. The minimum absolute atomic E-state index is 0. The molecule has 27 heavy (non-hydrogen) atoms. The Kier molecular flexibility index (Phi) is 5.69. The molecule has 1 aliphatic rings. The monoisotopic (exact) mass is 403 g/mol. The lowest BCUT2D eigenvalue weighted by atomic mass is 10.1. The van der Waals surface area contributed by atoms with Gasteiger partial charge < -0.3 is 10.2 Å². The number of hydrogen-bond acceptors (Lipinski definition) is 5. The van der Waals surface area contributed by atoms with Gasteiger partial charge in [-0.25, -0.2) is 8.42 Å². The van der Waals surface area contributed by atoms with Gasteiger partial charge >= 0.3 is 0 Å². The molecule has 0 spiro atoms. The zero-order chi connectivity index (χ0) is 18.1. The lowest BCUT2D eigenvalue weighted by Gasteiger charge is -2.34. The van der Waals surface area contributed by atoms with Crippen molar-refractivity contribution in [2.45, 2.75) is 22.8 Å². The fourth-order valence-corrected chi connectivity index (χ4v) is 4.67. The number of halogens is 1. The van der Waals surface area contributed by atoms with Crippen LogP contribution in [0, 0.1) is 0 Å². The molecule has 1 atom stereocenters. The second-order valence-electron chi connectivity index (χ2n) is 6.64. The molecule has 1 aromatic heterocycles. The maximum absolute atomic E-state index is 12.8. The summed E-state index contributed by atoms with van der Waals surface area (Å²) < 4.78 is 25.7. The van der Waals surface area contributed by atoms with E-state index in [0.717, 1.165) is 36.2 Å². The molecule has 0 unspecified atom stereocenters. The lowest BCUT2D eigenvalue weighted by molar-refractivity contribution is 0.485. The Balaban J connectivity index is 0.00000210. The summed E-state index contributed by atoms with van der Waals surface area (Å²) in [6, 6.07) is 16.5. The molecule has 5 nitrogen and oxygen atoms in total. The molecule has 0 amide bonds. The number of pyridine rings is 1. The summed E-state index contributed by atoms with van der Waals surface area (Å²) in [7, 11) is -3.56. The maximum atomic E-state index is 12.8. The van der Waals surface area contributed by atoms with E-state index in [0.29, 0.717) is 6.04 Å². The van der Waals surface area contributed by atoms with Crippen molar-refractivity contribution < 1.29 is 8.42 Å². The van der Waals surface area contributed by atoms with Gasteiger partial charge in [0.25, 0.3) is 0 Å². The van der Waals surface area contributed by atoms with Crippen LogP contribution in [0.2, 0.25) is 0 Å². The van der Waals surface area contributed by atoms with Gasteiger partial charge in [-0.2, -0.15) is 0 Å². The summed E-state index contributed by atoms with van der Waals surface area (Å²) in [5.41, 5.74) is 1.90. The molecule has 7 heteroatoms. The number of fused-ring (bicyclic) bond motifs is 1. The van der Waals surface area contributed by atoms with Crippen molar-refractivity contribution >= 4 is 38.8 Å². The first-order valence-electron chi connectivity index (χ1n) is 8.73. The zero-order valence-corrected chi connectivity index (χ0v) is 16.6. The molecule has 3 aromatic rings. The van der Waals surface area contributed by atoms with Crippen molar-refractivity contribution in [1.29, 1.82) is 0 Å². The Hall–Kier alpha value is -2.15. The predicted molar refractivity (Wildman–Crippen MR) is 111 cm³/mol. The minimum atomic E-state index is -3.56. The summed E-state index contributed by atoms with van der Waals surface area (Å²) in [5, 5.41) is 4.27. The molecular weight excluding hydrogens is 382 g/mol. The van der Waals surface area contributed by atoms with Crippen LogP contribution in [0.3, 0.4) is 0 Å². The number of para-hydroxylation sites is 1. The van der Waals surface area contributed by atoms with Crippen LogP contribution in [-0.4, -0.2) is 39.1 Å². The maximum Gasteiger partial charge on any atom is 0.208 e. The van der Waals surface area contributed by atoms with E-state index in [-0.39, 0.29) is 22.2 Å². The second-order valence-corrected chi connectivity index (χ2v) is 8.59. The average Bonchev–Trinajstić information content (AvgIpc) is 2.67. The highest BCUT2D eigenvalue weighted by atomic mass is 35.5. The predicted octanol–water partition coefficient (Wildman–Crippen LogP) is 3.29. The normalized spacial score (nSPS) is 17.5. The number of anilines is 1. The number of hydrogen-bond donors (Lipinski definition) is 1. The van der Waals surface area contributed by atoms with E-state index >= 15 is 0 Å². The van der Waals surface area contributed by atoms with Gasteiger partial charge in [-0.05, 0) is 31.2 Å². The van der Waals surface area contributed by atoms with Gasteiger partial charge in [0.15, 0.2) is 0 Å². The molecule has 0 saturated carbocycles. The van der Waals surface area contributed by atoms with E-state index in [1.54, 1.807) is 36.4 Å². The summed E-state index contributed by atoms with van der Waals surface area (Å²) >= 11 is 0. The number of nitrogens with one attached hydrogen (secondary N) is 1. The summed E-state index contributed by atoms with van der Waals surface area (Å²) in [4.78, 5) is 7.35. The Morgan fingerprint density at radius 3 is 2.59 bits per heavy atom. The van der Waals surface area contributed by atoms with Crippen molar-refractivity contribution in [2.24, 2.45) is 0 Å². The van der Waals surface area contributed by atoms with E-state index in [9.17, 15) is 8.42 Å². The Labute approximate surface area is 165 Å². The third-order valence-corrected chi connectivity index (χ3v) is 6.47. The Morgan fingerprint density at radius 1 is 1.07 bits per heavy atom. The van der Waals surface area contributed by atoms with Crippen LogP contribution in [0.25, 0.3) is 10.9 Å². The van der Waals surface area contributed by atoms with Crippen molar-refractivity contribution in [3.63, 3.8) is 0 Å². The molecule has 0 aliphatic carbocycles. The van der Waals surface area contributed by atoms with Crippen LogP contribution >= 0.6 is 12.4 Å². The number of rotatable bonds is 3. The lowest BCUT2D eigenvalue weighted by Crippen LogP contribution is -2.49. The SMILES string of the molecule is C[C@H]1CN(c2cccc3cc(S(=O)(=O)c4ccccc4)cnc23)CCN1.Cl. The van der Waals surface area contributed by atoms with Crippen LogP contribution in [0.5, 0.6) is 0 Å². The van der Waals surface area contributed by atoms with E-state index in [1.807, 2.05) is 12.1 Å². The molecule has 0 radical (unpaired) electrons. The number of aromatic nitrogens is 1. The number of nitrogens with zero attached hydrogens (tertiary/aromatic N) is 2. The van der Waals surface area contributed by atoms with Crippen molar-refractivity contribution in [2.75, 3.05) is 24.5 Å². The highest BCUT2D eigenvalue weighted by molar-refractivity contribution is 7.91. The van der Waals surface area contributed by atoms with Crippen LogP contribution in [0.1, 0.15) is 6.92 Å². The quantitative estimate of drug-likeness (QED) is 0.727. The van der Waals surface area contributed by atoms with E-state index in [4.69, 9.17) is 0 Å². The van der Waals surface area contributed by atoms with Gasteiger partial charge in [0.05, 0.1) is 21.0 Å². The number of sulfone groups is 1. The molecule has 2 aromatic carbocycles. The summed E-state index contributed by atoms with van der Waals surface area (Å²) in [5.74, 6) is 0. The van der Waals surface area contributed by atoms with E-state index in [1.165, 1.54) is 6.20 Å². The summed E-state index contributed by atoms with van der Waals surface area (Å²) in [6.45, 7) is 4.91. The number of benzene rings is 2. The van der Waals surface area contributed by atoms with E-state index < -0.39 is 9.84 Å². The van der Waals surface area contributed by atoms with Gasteiger partial charge in [0, 0.05) is 37.3 Å². The van der Waals surface area contributed by atoms with Gasteiger partial charge in [0.2, 0.25) is 9.84 Å². The van der Waals surface area contributed by atoms with Gasteiger partial charge in [-0.3, -0.25) is 4.98 Å². The van der Waals surface area contributed by atoms with Crippen LogP contribution in [0.15, 0.2) is 70.6 Å². The minimum Gasteiger partial charge on any atom is -0.367 e. The number of piperazine rings is 1. The fraction of sp³-hybridized carbons (Fsp3) is 0.250. The van der Waals surface area contributed by atoms with E-state index in [2.05, 4.69) is 28.2 Å². The van der Waals surface area contributed by atoms with Crippen molar-refractivity contribution in [3.05, 3.63) is 60.8 Å². The molecule has 4 rings (SSSR count). The topological polar surface area (TPSA) is 62.3 Å². The largest absolute Gasteiger partial charge is 0.367 e. The van der Waals surface area contributed by atoms with Gasteiger partial charge in [-0.1, -0.05) is 30.3 Å². The molecule has 2 heterocycles. The second kappa shape index (κ2) is 7.84. The molecule has 142 valence electrons. The first-order valence-corrected chi connectivity index (χ1v) is 10.2. The molecular formula is C20H22ClN3O2S. The standard InChI is InChI=1S/C20H21N3O2S.ClH/c1-15-14-23(11-10-21-15)19-9-5-6-16-12-18(13-22-20(16)19)26(24,25)17-7-3-2-4-8-17;/h2-9,12-13,15,21H,10-11,14H2,1H3;1H/t15-;/m0./s1. The van der Waals surface area contributed by atoms with Crippen LogP contribution in [-0.2, 0) is 9.84 Å². The highest BCUT2D eigenvalue weighted by Gasteiger charge is 2.21. The zero-order valence-electron chi connectivity index (χ0n) is 15.0. The first-order chi connectivity index (χ1) is 12.6. The Morgan fingerprint density at radius 2 is 1.85 bits per heavy atom. The van der Waals surface area contributed by atoms with Gasteiger partial charge in [-0.15, -0.1) is 12.4 Å². The fourth-order valence-electron chi connectivity index (χ4n) is 3.41. The summed E-state index contributed by atoms with van der Waals surface area (Å²) in [6.07, 6.45) is 1.47. The van der Waals surface area contributed by atoms with Crippen LogP contribution in [0.4, 0.5) is 5.69 Å². The molecule has 1 fully saturated rings.